The number of aromatic nitrogens is 1. The number of carbonyl (C=O) groups is 1. The number of hydrogen-bond donors (Lipinski definition) is 1. The summed E-state index contributed by atoms with van der Waals surface area (Å²) in [6, 6.07) is 0. The lowest BCUT2D eigenvalue weighted by Crippen LogP contribution is -2.08. The van der Waals surface area contributed by atoms with Crippen LogP contribution in [0.3, 0.4) is 0 Å². The number of hydrogen-bond acceptors (Lipinski definition) is 4. The van der Waals surface area contributed by atoms with Gasteiger partial charge in [-0.2, -0.15) is 11.8 Å². The van der Waals surface area contributed by atoms with E-state index in [1.165, 1.54) is 0 Å². The monoisotopic (exact) mass is 227 g/mol. The maximum absolute atomic E-state index is 10.8. The SMILES string of the molecule is Cc1c(C(=O)O)noc1C1CCSCC1. The normalized spacial score (nSPS) is 17.9. The van der Waals surface area contributed by atoms with E-state index in [0.717, 1.165) is 30.1 Å². The highest BCUT2D eigenvalue weighted by Crippen LogP contribution is 2.33. The largest absolute Gasteiger partial charge is 0.476 e. The highest BCUT2D eigenvalue weighted by Gasteiger charge is 2.25. The Labute approximate surface area is 92.0 Å². The van der Waals surface area contributed by atoms with Crippen molar-refractivity contribution < 1.29 is 14.4 Å². The fraction of sp³-hybridized carbons (Fsp3) is 0.600. The number of thioether (sulfide) groups is 1. The summed E-state index contributed by atoms with van der Waals surface area (Å²) in [5.74, 6) is 2.35. The standard InChI is InChI=1S/C10H13NO3S/c1-6-8(10(12)13)11-14-9(6)7-2-4-15-5-3-7/h7H,2-5H2,1H3,(H,12,13). The Hall–Kier alpha value is -0.970. The van der Waals surface area contributed by atoms with Gasteiger partial charge in [0.1, 0.15) is 5.76 Å². The second-order valence-corrected chi connectivity index (χ2v) is 4.94. The van der Waals surface area contributed by atoms with E-state index in [2.05, 4.69) is 5.16 Å². The molecule has 2 rings (SSSR count). The van der Waals surface area contributed by atoms with Crippen LogP contribution in [0.25, 0.3) is 0 Å². The fourth-order valence-electron chi connectivity index (χ4n) is 1.89. The van der Waals surface area contributed by atoms with Crippen molar-refractivity contribution in [1.29, 1.82) is 0 Å². The number of carboxylic acid groups (broad SMARTS) is 1. The Morgan fingerprint density at radius 1 is 1.53 bits per heavy atom. The zero-order valence-corrected chi connectivity index (χ0v) is 9.34. The average Bonchev–Trinajstić information content (AvgIpc) is 2.61. The molecule has 0 spiro atoms. The predicted octanol–water partition coefficient (Wildman–Crippen LogP) is 2.29. The third kappa shape index (κ3) is 2.02. The molecule has 1 aliphatic rings. The van der Waals surface area contributed by atoms with Crippen molar-refractivity contribution in [2.45, 2.75) is 25.7 Å². The van der Waals surface area contributed by atoms with E-state index < -0.39 is 5.97 Å². The summed E-state index contributed by atoms with van der Waals surface area (Å²) in [5, 5.41) is 12.5. The number of carboxylic acids is 1. The van der Waals surface area contributed by atoms with Crippen LogP contribution < -0.4 is 0 Å². The van der Waals surface area contributed by atoms with E-state index in [-0.39, 0.29) is 5.69 Å². The van der Waals surface area contributed by atoms with Gasteiger partial charge in [0.15, 0.2) is 5.69 Å². The summed E-state index contributed by atoms with van der Waals surface area (Å²) in [7, 11) is 0. The first kappa shape index (κ1) is 10.5. The van der Waals surface area contributed by atoms with Crippen LogP contribution in [0, 0.1) is 6.92 Å². The fourth-order valence-corrected chi connectivity index (χ4v) is 2.99. The lowest BCUT2D eigenvalue weighted by Gasteiger charge is -2.18. The van der Waals surface area contributed by atoms with E-state index in [0.29, 0.717) is 11.5 Å². The molecule has 0 bridgehead atoms. The van der Waals surface area contributed by atoms with Crippen LogP contribution >= 0.6 is 11.8 Å². The van der Waals surface area contributed by atoms with Crippen molar-refractivity contribution >= 4 is 17.7 Å². The Bertz CT molecular complexity index is 369. The molecule has 4 nitrogen and oxygen atoms in total. The van der Waals surface area contributed by atoms with E-state index >= 15 is 0 Å². The lowest BCUT2D eigenvalue weighted by molar-refractivity contribution is 0.0685. The second-order valence-electron chi connectivity index (χ2n) is 3.71. The van der Waals surface area contributed by atoms with Gasteiger partial charge in [-0.25, -0.2) is 4.79 Å². The Morgan fingerprint density at radius 3 is 2.73 bits per heavy atom. The third-order valence-corrected chi connectivity index (χ3v) is 3.80. The molecule has 82 valence electrons. The molecule has 5 heteroatoms. The van der Waals surface area contributed by atoms with Crippen molar-refractivity contribution in [3.8, 4) is 0 Å². The Kier molecular flexibility index (Phi) is 3.00. The Balaban J connectivity index is 2.24. The topological polar surface area (TPSA) is 63.3 Å². The molecule has 15 heavy (non-hydrogen) atoms. The van der Waals surface area contributed by atoms with E-state index in [1.807, 2.05) is 11.8 Å². The summed E-state index contributed by atoms with van der Waals surface area (Å²) in [6.07, 6.45) is 2.11. The minimum atomic E-state index is -1.01. The highest BCUT2D eigenvalue weighted by molar-refractivity contribution is 7.99. The average molecular weight is 227 g/mol. The van der Waals surface area contributed by atoms with Gasteiger partial charge >= 0.3 is 5.97 Å². The van der Waals surface area contributed by atoms with Crippen molar-refractivity contribution in [1.82, 2.24) is 5.16 Å². The zero-order chi connectivity index (χ0) is 10.8. The summed E-state index contributed by atoms with van der Waals surface area (Å²) in [6.45, 7) is 1.77. The van der Waals surface area contributed by atoms with Crippen molar-refractivity contribution in [2.75, 3.05) is 11.5 Å². The van der Waals surface area contributed by atoms with Crippen LogP contribution in [-0.2, 0) is 0 Å². The quantitative estimate of drug-likeness (QED) is 0.839. The van der Waals surface area contributed by atoms with Gasteiger partial charge in [0.05, 0.1) is 0 Å². The molecular weight excluding hydrogens is 214 g/mol. The molecule has 0 atom stereocenters. The minimum Gasteiger partial charge on any atom is -0.476 e. The first-order valence-corrected chi connectivity index (χ1v) is 6.13. The predicted molar refractivity (Wildman–Crippen MR) is 57.5 cm³/mol. The molecule has 0 saturated carbocycles. The Morgan fingerprint density at radius 2 is 2.20 bits per heavy atom. The first-order valence-electron chi connectivity index (χ1n) is 4.97. The van der Waals surface area contributed by atoms with E-state index in [9.17, 15) is 4.79 Å². The number of nitrogens with zero attached hydrogens (tertiary/aromatic N) is 1. The number of rotatable bonds is 2. The molecule has 0 aromatic carbocycles. The van der Waals surface area contributed by atoms with Crippen molar-refractivity contribution in [3.05, 3.63) is 17.0 Å². The molecule has 1 fully saturated rings. The van der Waals surface area contributed by atoms with Crippen LogP contribution in [-0.4, -0.2) is 27.7 Å². The lowest BCUT2D eigenvalue weighted by atomic mass is 9.96. The van der Waals surface area contributed by atoms with E-state index in [4.69, 9.17) is 9.63 Å². The van der Waals surface area contributed by atoms with Gasteiger partial charge in [0.25, 0.3) is 0 Å². The molecule has 0 aliphatic carbocycles. The molecule has 2 heterocycles. The number of aromatic carboxylic acids is 1. The second kappa shape index (κ2) is 4.26. The summed E-state index contributed by atoms with van der Waals surface area (Å²) in [5.41, 5.74) is 0.752. The van der Waals surface area contributed by atoms with Gasteiger partial charge in [-0.05, 0) is 31.3 Å². The molecule has 1 aliphatic heterocycles. The van der Waals surface area contributed by atoms with Gasteiger partial charge in [-0.3, -0.25) is 0 Å². The smallest absolute Gasteiger partial charge is 0.358 e. The van der Waals surface area contributed by atoms with Crippen molar-refractivity contribution in [2.24, 2.45) is 0 Å². The van der Waals surface area contributed by atoms with Crippen LogP contribution in [0.15, 0.2) is 4.52 Å². The van der Waals surface area contributed by atoms with Crippen LogP contribution in [0.1, 0.15) is 40.6 Å². The molecule has 0 amide bonds. The first-order chi connectivity index (χ1) is 7.20. The molecule has 1 saturated heterocycles. The zero-order valence-electron chi connectivity index (χ0n) is 8.52. The minimum absolute atomic E-state index is 0.0585. The van der Waals surface area contributed by atoms with Crippen LogP contribution in [0.2, 0.25) is 0 Å². The van der Waals surface area contributed by atoms with Gasteiger partial charge in [0.2, 0.25) is 0 Å². The molecule has 1 aromatic heterocycles. The molecule has 0 radical (unpaired) electrons. The molecular formula is C10H13NO3S. The summed E-state index contributed by atoms with van der Waals surface area (Å²) >= 11 is 1.93. The van der Waals surface area contributed by atoms with Gasteiger partial charge in [0, 0.05) is 11.5 Å². The highest BCUT2D eigenvalue weighted by atomic mass is 32.2. The molecule has 0 unspecified atom stereocenters. The maximum atomic E-state index is 10.8. The van der Waals surface area contributed by atoms with Crippen LogP contribution in [0.4, 0.5) is 0 Å². The summed E-state index contributed by atoms with van der Waals surface area (Å²) in [4.78, 5) is 10.8. The maximum Gasteiger partial charge on any atom is 0.358 e. The van der Waals surface area contributed by atoms with Gasteiger partial charge < -0.3 is 9.63 Å². The third-order valence-electron chi connectivity index (χ3n) is 2.75. The van der Waals surface area contributed by atoms with Gasteiger partial charge in [-0.1, -0.05) is 5.16 Å². The van der Waals surface area contributed by atoms with Crippen molar-refractivity contribution in [3.63, 3.8) is 0 Å². The molecule has 1 N–H and O–H groups in total. The molecule has 1 aromatic rings. The van der Waals surface area contributed by atoms with E-state index in [1.54, 1.807) is 6.92 Å². The summed E-state index contributed by atoms with van der Waals surface area (Å²) < 4.78 is 5.16. The van der Waals surface area contributed by atoms with Gasteiger partial charge in [-0.15, -0.1) is 0 Å². The van der Waals surface area contributed by atoms with Crippen LogP contribution in [0.5, 0.6) is 0 Å².